The third kappa shape index (κ3) is 4.54. The molecule has 1 heterocycles. The van der Waals surface area contributed by atoms with Crippen LogP contribution < -0.4 is 10.6 Å². The minimum Gasteiger partial charge on any atom is -0.453 e. The number of aryl methyl sites for hydroxylation is 1. The van der Waals surface area contributed by atoms with E-state index in [1.165, 1.54) is 18.4 Å². The average molecular weight is 384 g/mol. The van der Waals surface area contributed by atoms with Gasteiger partial charge in [-0.2, -0.15) is 0 Å². The molecule has 2 N–H and O–H groups in total. The van der Waals surface area contributed by atoms with Crippen molar-refractivity contribution in [1.82, 2.24) is 4.98 Å². The number of carbonyl (C=O) groups excluding carboxylic acids is 2. The summed E-state index contributed by atoms with van der Waals surface area (Å²) in [6, 6.07) is 5.63. The van der Waals surface area contributed by atoms with Gasteiger partial charge in [-0.05, 0) is 30.7 Å². The van der Waals surface area contributed by atoms with Gasteiger partial charge in [0.1, 0.15) is 0 Å². The Bertz CT molecular complexity index is 702. The summed E-state index contributed by atoms with van der Waals surface area (Å²) in [6.45, 7) is 1.92. The summed E-state index contributed by atoms with van der Waals surface area (Å²) in [6.07, 6.45) is -0.453. The van der Waals surface area contributed by atoms with E-state index in [0.29, 0.717) is 10.8 Å². The van der Waals surface area contributed by atoms with E-state index in [1.54, 1.807) is 5.38 Å². The second kappa shape index (κ2) is 7.37. The Hall–Kier alpha value is -1.93. The summed E-state index contributed by atoms with van der Waals surface area (Å²) < 4.78 is 5.44. The van der Waals surface area contributed by atoms with Crippen LogP contribution in [0.15, 0.2) is 28.1 Å². The fourth-order valence-corrected chi connectivity index (χ4v) is 2.88. The van der Waals surface area contributed by atoms with Crippen molar-refractivity contribution in [2.75, 3.05) is 17.7 Å². The fraction of sp³-hybridized carbons (Fsp3) is 0.214. The third-order valence-electron chi connectivity index (χ3n) is 2.75. The molecule has 0 saturated carbocycles. The smallest absolute Gasteiger partial charge is 0.413 e. The van der Waals surface area contributed by atoms with Crippen molar-refractivity contribution in [1.29, 1.82) is 0 Å². The predicted octanol–water partition coefficient (Wildman–Crippen LogP) is 3.57. The monoisotopic (exact) mass is 383 g/mol. The zero-order chi connectivity index (χ0) is 16.1. The number of hydrogen-bond acceptors (Lipinski definition) is 5. The van der Waals surface area contributed by atoms with Crippen LogP contribution in [0.1, 0.15) is 11.3 Å². The largest absolute Gasteiger partial charge is 0.453 e. The topological polar surface area (TPSA) is 80.3 Å². The van der Waals surface area contributed by atoms with E-state index in [4.69, 9.17) is 0 Å². The molecule has 0 aliphatic heterocycles. The van der Waals surface area contributed by atoms with E-state index in [9.17, 15) is 9.59 Å². The van der Waals surface area contributed by atoms with E-state index < -0.39 is 6.09 Å². The van der Waals surface area contributed by atoms with Crippen molar-refractivity contribution in [2.24, 2.45) is 0 Å². The Labute approximate surface area is 140 Å². The molecule has 2 aromatic rings. The highest BCUT2D eigenvalue weighted by Crippen LogP contribution is 2.21. The first kappa shape index (κ1) is 16.4. The van der Waals surface area contributed by atoms with Crippen molar-refractivity contribution >= 4 is 50.1 Å². The van der Waals surface area contributed by atoms with Gasteiger partial charge in [-0.1, -0.05) is 15.9 Å². The number of amides is 2. The van der Waals surface area contributed by atoms with Crippen molar-refractivity contribution in [3.8, 4) is 0 Å². The van der Waals surface area contributed by atoms with Crippen LogP contribution in [0.25, 0.3) is 0 Å². The second-order valence-electron chi connectivity index (χ2n) is 4.44. The molecule has 1 aromatic heterocycles. The normalized spacial score (nSPS) is 10.1. The number of nitrogens with one attached hydrogen (secondary N) is 2. The predicted molar refractivity (Wildman–Crippen MR) is 89.4 cm³/mol. The minimum atomic E-state index is -0.587. The van der Waals surface area contributed by atoms with E-state index in [1.807, 2.05) is 25.1 Å². The van der Waals surface area contributed by atoms with Gasteiger partial charge < -0.3 is 10.1 Å². The van der Waals surface area contributed by atoms with Gasteiger partial charge in [0.05, 0.1) is 19.2 Å². The molecular formula is C14H14BrN3O3S. The van der Waals surface area contributed by atoms with Crippen LogP contribution >= 0.6 is 27.3 Å². The molecule has 116 valence electrons. The van der Waals surface area contributed by atoms with Crippen molar-refractivity contribution in [3.63, 3.8) is 0 Å². The lowest BCUT2D eigenvalue weighted by molar-refractivity contribution is -0.115. The molecule has 0 radical (unpaired) electrons. The quantitative estimate of drug-likeness (QED) is 0.845. The number of halogens is 1. The summed E-state index contributed by atoms with van der Waals surface area (Å²) in [5.41, 5.74) is 2.31. The number of rotatable bonds is 4. The van der Waals surface area contributed by atoms with Crippen molar-refractivity contribution < 1.29 is 14.3 Å². The first-order chi connectivity index (χ1) is 10.5. The van der Waals surface area contributed by atoms with E-state index in [2.05, 4.69) is 36.3 Å². The maximum atomic E-state index is 12.0. The summed E-state index contributed by atoms with van der Waals surface area (Å²) in [5, 5.41) is 7.42. The SMILES string of the molecule is COC(=O)Nc1nc(CC(=O)Nc2ccc(Br)cc2C)cs1. The summed E-state index contributed by atoms with van der Waals surface area (Å²) in [4.78, 5) is 27.3. The molecule has 0 saturated heterocycles. The molecule has 2 rings (SSSR count). The van der Waals surface area contributed by atoms with Crippen LogP contribution in [-0.2, 0) is 16.0 Å². The molecular weight excluding hydrogens is 370 g/mol. The van der Waals surface area contributed by atoms with Gasteiger partial charge in [0.25, 0.3) is 0 Å². The molecule has 0 bridgehead atoms. The average Bonchev–Trinajstić information content (AvgIpc) is 2.88. The standard InChI is InChI=1S/C14H14BrN3O3S/c1-8-5-9(15)3-4-11(8)17-12(19)6-10-7-22-13(16-10)18-14(20)21-2/h3-5,7H,6H2,1-2H3,(H,17,19)(H,16,18,20). The van der Waals surface area contributed by atoms with Crippen LogP contribution in [-0.4, -0.2) is 24.1 Å². The zero-order valence-electron chi connectivity index (χ0n) is 12.0. The number of benzene rings is 1. The van der Waals surface area contributed by atoms with Crippen molar-refractivity contribution in [3.05, 3.63) is 39.3 Å². The Kier molecular flexibility index (Phi) is 5.51. The van der Waals surface area contributed by atoms with Crippen LogP contribution in [0, 0.1) is 6.92 Å². The lowest BCUT2D eigenvalue weighted by Gasteiger charge is -2.07. The van der Waals surface area contributed by atoms with Crippen LogP contribution in [0.5, 0.6) is 0 Å². The fourth-order valence-electron chi connectivity index (χ4n) is 1.71. The van der Waals surface area contributed by atoms with Gasteiger partial charge >= 0.3 is 6.09 Å². The van der Waals surface area contributed by atoms with E-state index >= 15 is 0 Å². The van der Waals surface area contributed by atoms with Crippen LogP contribution in [0.4, 0.5) is 15.6 Å². The zero-order valence-corrected chi connectivity index (χ0v) is 14.4. The van der Waals surface area contributed by atoms with E-state index in [0.717, 1.165) is 15.7 Å². The maximum Gasteiger partial charge on any atom is 0.413 e. The highest BCUT2D eigenvalue weighted by atomic mass is 79.9. The molecule has 2 amide bonds. The van der Waals surface area contributed by atoms with Crippen LogP contribution in [0.2, 0.25) is 0 Å². The van der Waals surface area contributed by atoms with E-state index in [-0.39, 0.29) is 12.3 Å². The maximum absolute atomic E-state index is 12.0. The molecule has 1 aromatic carbocycles. The summed E-state index contributed by atoms with van der Waals surface area (Å²) in [5.74, 6) is -0.166. The summed E-state index contributed by atoms with van der Waals surface area (Å²) >= 11 is 4.62. The Morgan fingerprint density at radius 1 is 1.36 bits per heavy atom. The third-order valence-corrected chi connectivity index (χ3v) is 4.05. The Balaban J connectivity index is 1.96. The molecule has 8 heteroatoms. The summed E-state index contributed by atoms with van der Waals surface area (Å²) in [7, 11) is 1.28. The minimum absolute atomic E-state index is 0.134. The van der Waals surface area contributed by atoms with Crippen LogP contribution in [0.3, 0.4) is 0 Å². The lowest BCUT2D eigenvalue weighted by Crippen LogP contribution is -2.15. The van der Waals surface area contributed by atoms with Gasteiger partial charge in [-0.3, -0.25) is 10.1 Å². The molecule has 6 nitrogen and oxygen atoms in total. The number of hydrogen-bond donors (Lipinski definition) is 2. The number of ether oxygens (including phenoxy) is 1. The number of anilines is 2. The molecule has 0 unspecified atom stereocenters. The highest BCUT2D eigenvalue weighted by Gasteiger charge is 2.11. The number of aromatic nitrogens is 1. The number of thiazole rings is 1. The number of methoxy groups -OCH3 is 1. The van der Waals surface area contributed by atoms with Gasteiger partial charge in [-0.25, -0.2) is 9.78 Å². The number of carbonyl (C=O) groups is 2. The van der Waals surface area contributed by atoms with Gasteiger partial charge in [0, 0.05) is 15.5 Å². The molecule has 0 aliphatic carbocycles. The Morgan fingerprint density at radius 3 is 2.82 bits per heavy atom. The van der Waals surface area contributed by atoms with Gasteiger partial charge in [0.15, 0.2) is 5.13 Å². The lowest BCUT2D eigenvalue weighted by atomic mass is 10.2. The Morgan fingerprint density at radius 2 is 2.14 bits per heavy atom. The molecule has 0 aliphatic rings. The van der Waals surface area contributed by atoms with Gasteiger partial charge in [0.2, 0.25) is 5.91 Å². The highest BCUT2D eigenvalue weighted by molar-refractivity contribution is 9.10. The number of nitrogens with zero attached hydrogens (tertiary/aromatic N) is 1. The van der Waals surface area contributed by atoms with Crippen molar-refractivity contribution in [2.45, 2.75) is 13.3 Å². The first-order valence-corrected chi connectivity index (χ1v) is 8.00. The molecule has 0 fully saturated rings. The molecule has 0 atom stereocenters. The molecule has 22 heavy (non-hydrogen) atoms. The van der Waals surface area contributed by atoms with Gasteiger partial charge in [-0.15, -0.1) is 11.3 Å². The second-order valence-corrected chi connectivity index (χ2v) is 6.22. The first-order valence-electron chi connectivity index (χ1n) is 6.33. The molecule has 0 spiro atoms.